The minimum Gasteiger partial charge on any atom is -0.399 e. The average molecular weight is 249 g/mol. The van der Waals surface area contributed by atoms with Crippen LogP contribution in [0.25, 0.3) is 0 Å². The highest BCUT2D eigenvalue weighted by Crippen LogP contribution is 2.11. The lowest BCUT2D eigenvalue weighted by molar-refractivity contribution is 0.578. The monoisotopic (exact) mass is 249 g/mol. The maximum absolute atomic E-state index is 13.6. The Morgan fingerprint density at radius 2 is 2.00 bits per heavy atom. The van der Waals surface area contributed by atoms with Crippen molar-refractivity contribution in [2.45, 2.75) is 6.54 Å². The number of aromatic nitrogens is 2. The number of aryl methyl sites for hydroxylation is 1. The smallest absolute Gasteiger partial charge is 0.331 e. The molecular weight excluding hydrogens is 237 g/mol. The first-order valence-electron chi connectivity index (χ1n) is 5.29. The van der Waals surface area contributed by atoms with E-state index in [1.54, 1.807) is 0 Å². The van der Waals surface area contributed by atoms with Crippen LogP contribution in [-0.4, -0.2) is 9.13 Å². The highest BCUT2D eigenvalue weighted by Gasteiger charge is 2.08. The standard InChI is InChI=1S/C12H12FN3O2/c1-15-5-4-11(17)16(12(15)18)7-8-2-3-9(14)6-10(8)13/h2-6H,7,14H2,1H3. The van der Waals surface area contributed by atoms with Crippen LogP contribution in [-0.2, 0) is 13.6 Å². The Morgan fingerprint density at radius 3 is 2.67 bits per heavy atom. The number of nitrogens with two attached hydrogens (primary N) is 1. The van der Waals surface area contributed by atoms with Gasteiger partial charge in [0.05, 0.1) is 6.54 Å². The lowest BCUT2D eigenvalue weighted by Crippen LogP contribution is -2.38. The largest absolute Gasteiger partial charge is 0.399 e. The van der Waals surface area contributed by atoms with Gasteiger partial charge in [-0.1, -0.05) is 6.07 Å². The first-order valence-corrected chi connectivity index (χ1v) is 5.29. The summed E-state index contributed by atoms with van der Waals surface area (Å²) in [5.74, 6) is -0.534. The van der Waals surface area contributed by atoms with E-state index in [-0.39, 0.29) is 12.1 Å². The van der Waals surface area contributed by atoms with Crippen LogP contribution in [0.15, 0.2) is 40.1 Å². The van der Waals surface area contributed by atoms with E-state index in [1.807, 2.05) is 0 Å². The van der Waals surface area contributed by atoms with Gasteiger partial charge in [-0.25, -0.2) is 9.18 Å². The molecule has 0 fully saturated rings. The molecule has 0 saturated carbocycles. The van der Waals surface area contributed by atoms with Gasteiger partial charge in [0.1, 0.15) is 5.82 Å². The Morgan fingerprint density at radius 1 is 1.28 bits per heavy atom. The van der Waals surface area contributed by atoms with Crippen molar-refractivity contribution >= 4 is 5.69 Å². The van der Waals surface area contributed by atoms with Crippen LogP contribution in [0.5, 0.6) is 0 Å². The summed E-state index contributed by atoms with van der Waals surface area (Å²) in [5.41, 5.74) is 5.02. The second kappa shape index (κ2) is 4.48. The summed E-state index contributed by atoms with van der Waals surface area (Å²) in [5, 5.41) is 0. The molecule has 0 spiro atoms. The summed E-state index contributed by atoms with van der Waals surface area (Å²) < 4.78 is 15.8. The van der Waals surface area contributed by atoms with Crippen molar-refractivity contribution in [2.24, 2.45) is 7.05 Å². The molecule has 1 heterocycles. The lowest BCUT2D eigenvalue weighted by Gasteiger charge is -2.07. The molecule has 0 aliphatic heterocycles. The molecule has 0 atom stereocenters. The number of hydrogen-bond acceptors (Lipinski definition) is 3. The fourth-order valence-corrected chi connectivity index (χ4v) is 1.62. The second-order valence-corrected chi connectivity index (χ2v) is 3.98. The number of rotatable bonds is 2. The Labute approximate surface area is 102 Å². The van der Waals surface area contributed by atoms with Crippen molar-refractivity contribution in [2.75, 3.05) is 5.73 Å². The average Bonchev–Trinajstić information content (AvgIpc) is 2.32. The quantitative estimate of drug-likeness (QED) is 0.779. The van der Waals surface area contributed by atoms with E-state index in [2.05, 4.69) is 0 Å². The predicted molar refractivity (Wildman–Crippen MR) is 65.9 cm³/mol. The maximum Gasteiger partial charge on any atom is 0.331 e. The van der Waals surface area contributed by atoms with Crippen molar-refractivity contribution < 1.29 is 4.39 Å². The molecule has 94 valence electrons. The van der Waals surface area contributed by atoms with E-state index in [1.165, 1.54) is 36.0 Å². The van der Waals surface area contributed by atoms with Crippen molar-refractivity contribution in [1.82, 2.24) is 9.13 Å². The van der Waals surface area contributed by atoms with Gasteiger partial charge in [-0.05, 0) is 12.1 Å². The molecule has 0 saturated heterocycles. The van der Waals surface area contributed by atoms with Crippen LogP contribution in [0.3, 0.4) is 0 Å². The van der Waals surface area contributed by atoms with Gasteiger partial charge in [-0.2, -0.15) is 0 Å². The number of anilines is 1. The second-order valence-electron chi connectivity index (χ2n) is 3.98. The van der Waals surface area contributed by atoms with E-state index >= 15 is 0 Å². The summed E-state index contributed by atoms with van der Waals surface area (Å²) >= 11 is 0. The van der Waals surface area contributed by atoms with E-state index in [0.29, 0.717) is 5.69 Å². The van der Waals surface area contributed by atoms with E-state index in [9.17, 15) is 14.0 Å². The fraction of sp³-hybridized carbons (Fsp3) is 0.167. The first-order chi connectivity index (χ1) is 8.49. The molecule has 0 aliphatic carbocycles. The number of halogens is 1. The molecular formula is C12H12FN3O2. The van der Waals surface area contributed by atoms with Crippen LogP contribution in [0.4, 0.5) is 10.1 Å². The van der Waals surface area contributed by atoms with Gasteiger partial charge in [0, 0.05) is 30.6 Å². The molecule has 0 radical (unpaired) electrons. The normalized spacial score (nSPS) is 10.6. The summed E-state index contributed by atoms with van der Waals surface area (Å²) in [6.45, 7) is -0.113. The zero-order valence-corrected chi connectivity index (χ0v) is 9.76. The van der Waals surface area contributed by atoms with E-state index in [0.717, 1.165) is 10.6 Å². The molecule has 18 heavy (non-hydrogen) atoms. The van der Waals surface area contributed by atoms with Gasteiger partial charge in [-0.3, -0.25) is 9.36 Å². The lowest BCUT2D eigenvalue weighted by atomic mass is 10.2. The Balaban J connectivity index is 2.50. The molecule has 5 nitrogen and oxygen atoms in total. The SMILES string of the molecule is Cn1ccc(=O)n(Cc2ccc(N)cc2F)c1=O. The van der Waals surface area contributed by atoms with E-state index in [4.69, 9.17) is 5.73 Å². The number of nitrogen functional groups attached to an aromatic ring is 1. The van der Waals surface area contributed by atoms with E-state index < -0.39 is 17.1 Å². The molecule has 6 heteroatoms. The third kappa shape index (κ3) is 2.17. The van der Waals surface area contributed by atoms with Crippen molar-refractivity contribution in [3.8, 4) is 0 Å². The van der Waals surface area contributed by atoms with Gasteiger partial charge in [-0.15, -0.1) is 0 Å². The third-order valence-corrected chi connectivity index (χ3v) is 2.64. The highest BCUT2D eigenvalue weighted by molar-refractivity contribution is 5.40. The van der Waals surface area contributed by atoms with Crippen molar-refractivity contribution in [3.05, 3.63) is 62.7 Å². The summed E-state index contributed by atoms with van der Waals surface area (Å²) in [4.78, 5) is 23.3. The topological polar surface area (TPSA) is 70.0 Å². The van der Waals surface area contributed by atoms with Gasteiger partial charge in [0.2, 0.25) is 0 Å². The minimum absolute atomic E-state index is 0.113. The third-order valence-electron chi connectivity index (χ3n) is 2.64. The van der Waals surface area contributed by atoms with Gasteiger partial charge in [0.25, 0.3) is 5.56 Å². The van der Waals surface area contributed by atoms with Crippen LogP contribution in [0, 0.1) is 5.82 Å². The molecule has 2 N–H and O–H groups in total. The van der Waals surface area contributed by atoms with Crippen molar-refractivity contribution in [3.63, 3.8) is 0 Å². The van der Waals surface area contributed by atoms with Crippen LogP contribution < -0.4 is 17.0 Å². The van der Waals surface area contributed by atoms with Gasteiger partial charge < -0.3 is 10.3 Å². The molecule has 1 aromatic heterocycles. The zero-order chi connectivity index (χ0) is 13.3. The number of hydrogen-bond donors (Lipinski definition) is 1. The predicted octanol–water partition coefficient (Wildman–Crippen LogP) is 0.317. The Kier molecular flexibility index (Phi) is 3.01. The van der Waals surface area contributed by atoms with Crippen LogP contribution in [0.2, 0.25) is 0 Å². The molecule has 0 unspecified atom stereocenters. The molecule has 0 amide bonds. The van der Waals surface area contributed by atoms with Gasteiger partial charge >= 0.3 is 5.69 Å². The Hall–Kier alpha value is -2.37. The molecule has 1 aromatic carbocycles. The molecule has 2 rings (SSSR count). The fourth-order valence-electron chi connectivity index (χ4n) is 1.62. The summed E-state index contributed by atoms with van der Waals surface area (Å²) in [7, 11) is 1.53. The Bertz CT molecular complexity index is 703. The first kappa shape index (κ1) is 12.1. The number of nitrogens with zero attached hydrogens (tertiary/aromatic N) is 2. The minimum atomic E-state index is -0.534. The highest BCUT2D eigenvalue weighted by atomic mass is 19.1. The molecule has 2 aromatic rings. The van der Waals surface area contributed by atoms with Gasteiger partial charge in [0.15, 0.2) is 0 Å². The van der Waals surface area contributed by atoms with Crippen molar-refractivity contribution in [1.29, 1.82) is 0 Å². The number of benzene rings is 1. The van der Waals surface area contributed by atoms with Crippen LogP contribution in [0.1, 0.15) is 5.56 Å². The molecule has 0 aliphatic rings. The zero-order valence-electron chi connectivity index (χ0n) is 9.76. The van der Waals surface area contributed by atoms with Crippen LogP contribution >= 0.6 is 0 Å². The summed E-state index contributed by atoms with van der Waals surface area (Å²) in [6, 6.07) is 5.41. The summed E-state index contributed by atoms with van der Waals surface area (Å²) in [6.07, 6.45) is 1.38. The maximum atomic E-state index is 13.6. The molecule has 0 bridgehead atoms.